The van der Waals surface area contributed by atoms with Gasteiger partial charge in [0, 0.05) is 0 Å². The van der Waals surface area contributed by atoms with Gasteiger partial charge in [-0.15, -0.1) is 0 Å². The monoisotopic (exact) mass is 150 g/mol. The lowest BCUT2D eigenvalue weighted by molar-refractivity contribution is -0.135. The van der Waals surface area contributed by atoms with Crippen molar-refractivity contribution >= 4 is 11.8 Å². The van der Waals surface area contributed by atoms with Gasteiger partial charge in [0.1, 0.15) is 5.76 Å². The number of ether oxygens (including phenoxy) is 1. The maximum absolute atomic E-state index is 11.1. The van der Waals surface area contributed by atoms with Gasteiger partial charge in [0.2, 0.25) is 0 Å². The molecule has 0 amide bonds. The number of carbonyl (C=O) groups is 2. The minimum absolute atomic E-state index is 0.0339. The molecule has 56 valence electrons. The molecular weight excluding hydrogens is 144 g/mol. The lowest BCUT2D eigenvalue weighted by Crippen LogP contribution is -2.12. The number of rotatable bonds is 0. The predicted molar refractivity (Wildman–Crippen MR) is 36.4 cm³/mol. The number of hydrogen-bond acceptors (Lipinski definition) is 3. The van der Waals surface area contributed by atoms with Crippen molar-refractivity contribution in [3.05, 3.63) is 24.0 Å². The highest BCUT2D eigenvalue weighted by Crippen LogP contribution is 2.29. The first-order valence-corrected chi connectivity index (χ1v) is 3.40. The zero-order chi connectivity index (χ0) is 7.84. The fourth-order valence-electron chi connectivity index (χ4n) is 1.26. The summed E-state index contributed by atoms with van der Waals surface area (Å²) >= 11 is 0. The van der Waals surface area contributed by atoms with Crippen molar-refractivity contribution in [1.82, 2.24) is 0 Å². The Balaban J connectivity index is 2.35. The lowest BCUT2D eigenvalue weighted by Gasteiger charge is -2.06. The average Bonchev–Trinajstić information content (AvgIpc) is 2.31. The summed E-state index contributed by atoms with van der Waals surface area (Å²) in [5.41, 5.74) is 0. The molecule has 2 aliphatic rings. The summed E-state index contributed by atoms with van der Waals surface area (Å²) in [5, 5.41) is 0. The third kappa shape index (κ3) is 0.888. The molecule has 3 heteroatoms. The number of ketones is 1. The van der Waals surface area contributed by atoms with Crippen LogP contribution in [0.15, 0.2) is 24.0 Å². The van der Waals surface area contributed by atoms with Gasteiger partial charge in [0.15, 0.2) is 5.78 Å². The van der Waals surface area contributed by atoms with Crippen molar-refractivity contribution in [2.45, 2.75) is 6.42 Å². The Morgan fingerprint density at radius 3 is 3.00 bits per heavy atom. The van der Waals surface area contributed by atoms with E-state index in [0.29, 0.717) is 5.76 Å². The van der Waals surface area contributed by atoms with Crippen molar-refractivity contribution < 1.29 is 14.3 Å². The lowest BCUT2D eigenvalue weighted by atomic mass is 9.96. The molecule has 0 aromatic carbocycles. The van der Waals surface area contributed by atoms with Gasteiger partial charge in [-0.05, 0) is 12.2 Å². The van der Waals surface area contributed by atoms with Gasteiger partial charge in [0.05, 0.1) is 12.3 Å². The number of hydrogen-bond donors (Lipinski definition) is 0. The van der Waals surface area contributed by atoms with E-state index in [1.165, 1.54) is 6.08 Å². The minimum atomic E-state index is -0.326. The van der Waals surface area contributed by atoms with Crippen LogP contribution in [0.25, 0.3) is 0 Å². The molecule has 1 aliphatic carbocycles. The van der Waals surface area contributed by atoms with Crippen molar-refractivity contribution in [2.24, 2.45) is 5.92 Å². The number of carbonyl (C=O) groups excluding carboxylic acids is 2. The van der Waals surface area contributed by atoms with E-state index in [-0.39, 0.29) is 24.1 Å². The second-order valence-corrected chi connectivity index (χ2v) is 2.56. The zero-order valence-corrected chi connectivity index (χ0v) is 5.74. The van der Waals surface area contributed by atoms with Crippen LogP contribution in [0.2, 0.25) is 0 Å². The molecule has 2 rings (SSSR count). The van der Waals surface area contributed by atoms with Crippen LogP contribution in [0.1, 0.15) is 6.42 Å². The highest BCUT2D eigenvalue weighted by atomic mass is 16.5. The fraction of sp³-hybridized carbons (Fsp3) is 0.250. The molecule has 0 N–H and O–H groups in total. The first-order valence-electron chi connectivity index (χ1n) is 3.40. The zero-order valence-electron chi connectivity index (χ0n) is 5.74. The molecule has 11 heavy (non-hydrogen) atoms. The molecule has 1 saturated heterocycles. The summed E-state index contributed by atoms with van der Waals surface area (Å²) in [6, 6.07) is 0. The predicted octanol–water partition coefficient (Wildman–Crippen LogP) is 0.572. The van der Waals surface area contributed by atoms with E-state index in [9.17, 15) is 9.59 Å². The Morgan fingerprint density at radius 1 is 1.45 bits per heavy atom. The second kappa shape index (κ2) is 2.05. The highest BCUT2D eigenvalue weighted by Gasteiger charge is 2.34. The van der Waals surface area contributed by atoms with Gasteiger partial charge in [-0.1, -0.05) is 6.08 Å². The van der Waals surface area contributed by atoms with Crippen LogP contribution in [-0.2, 0) is 14.3 Å². The first kappa shape index (κ1) is 6.34. The quantitative estimate of drug-likeness (QED) is 0.474. The third-order valence-corrected chi connectivity index (χ3v) is 1.81. The summed E-state index contributed by atoms with van der Waals surface area (Å²) < 4.78 is 4.79. The Morgan fingerprint density at radius 2 is 2.27 bits per heavy atom. The van der Waals surface area contributed by atoms with Crippen LogP contribution in [0.3, 0.4) is 0 Å². The molecule has 1 atom stereocenters. The standard InChI is InChI=1S/C8H6O3/c9-6-2-1-3-7-5(6)4-8(10)11-7/h1-3,5H,4H2. The molecule has 1 heterocycles. The van der Waals surface area contributed by atoms with Gasteiger partial charge >= 0.3 is 5.97 Å². The van der Waals surface area contributed by atoms with E-state index in [1.807, 2.05) is 0 Å². The van der Waals surface area contributed by atoms with E-state index in [0.717, 1.165) is 0 Å². The van der Waals surface area contributed by atoms with Crippen molar-refractivity contribution in [3.8, 4) is 0 Å². The average molecular weight is 150 g/mol. The summed E-state index contributed by atoms with van der Waals surface area (Å²) in [6.45, 7) is 0. The van der Waals surface area contributed by atoms with E-state index < -0.39 is 0 Å². The van der Waals surface area contributed by atoms with Gasteiger partial charge in [-0.3, -0.25) is 9.59 Å². The molecule has 1 aliphatic heterocycles. The van der Waals surface area contributed by atoms with Gasteiger partial charge < -0.3 is 4.74 Å². The first-order chi connectivity index (χ1) is 5.27. The molecule has 0 saturated carbocycles. The largest absolute Gasteiger partial charge is 0.430 e. The summed E-state index contributed by atoms with van der Waals surface area (Å²) in [7, 11) is 0. The molecular formula is C8H6O3. The summed E-state index contributed by atoms with van der Waals surface area (Å²) in [5.74, 6) is -0.165. The SMILES string of the molecule is O=C1CC2C(=O)C=CC=C2O1. The van der Waals surface area contributed by atoms with Crippen molar-refractivity contribution in [3.63, 3.8) is 0 Å². The van der Waals surface area contributed by atoms with Gasteiger partial charge in [-0.25, -0.2) is 0 Å². The number of esters is 1. The maximum Gasteiger partial charge on any atom is 0.312 e. The Labute approximate surface area is 63.3 Å². The third-order valence-electron chi connectivity index (χ3n) is 1.81. The smallest absolute Gasteiger partial charge is 0.312 e. The van der Waals surface area contributed by atoms with Gasteiger partial charge in [-0.2, -0.15) is 0 Å². The molecule has 0 aromatic heterocycles. The maximum atomic E-state index is 11.1. The molecule has 3 nitrogen and oxygen atoms in total. The number of allylic oxidation sites excluding steroid dienone is 4. The van der Waals surface area contributed by atoms with Crippen LogP contribution < -0.4 is 0 Å². The van der Waals surface area contributed by atoms with E-state index in [2.05, 4.69) is 0 Å². The van der Waals surface area contributed by atoms with Crippen LogP contribution in [0.4, 0.5) is 0 Å². The van der Waals surface area contributed by atoms with Crippen LogP contribution in [0.5, 0.6) is 0 Å². The minimum Gasteiger partial charge on any atom is -0.430 e. The van der Waals surface area contributed by atoms with Crippen LogP contribution in [0, 0.1) is 5.92 Å². The summed E-state index contributed by atoms with van der Waals surface area (Å²) in [6.07, 6.45) is 4.94. The molecule has 0 aromatic rings. The Bertz CT molecular complexity index is 286. The van der Waals surface area contributed by atoms with Crippen LogP contribution >= 0.6 is 0 Å². The topological polar surface area (TPSA) is 43.4 Å². The molecule has 0 bridgehead atoms. The molecule has 0 radical (unpaired) electrons. The number of fused-ring (bicyclic) bond motifs is 1. The fourth-order valence-corrected chi connectivity index (χ4v) is 1.26. The molecule has 1 unspecified atom stereocenters. The van der Waals surface area contributed by atoms with E-state index >= 15 is 0 Å². The highest BCUT2D eigenvalue weighted by molar-refractivity contribution is 5.99. The normalized spacial score (nSPS) is 28.0. The Hall–Kier alpha value is -1.38. The molecule has 1 fully saturated rings. The van der Waals surface area contributed by atoms with Gasteiger partial charge in [0.25, 0.3) is 0 Å². The Kier molecular flexibility index (Phi) is 1.18. The van der Waals surface area contributed by atoms with Crippen molar-refractivity contribution in [2.75, 3.05) is 0 Å². The second-order valence-electron chi connectivity index (χ2n) is 2.56. The van der Waals surface area contributed by atoms with Crippen LogP contribution in [-0.4, -0.2) is 11.8 Å². The van der Waals surface area contributed by atoms with Crippen molar-refractivity contribution in [1.29, 1.82) is 0 Å². The van der Waals surface area contributed by atoms with E-state index in [4.69, 9.17) is 4.74 Å². The molecule has 0 spiro atoms. The summed E-state index contributed by atoms with van der Waals surface area (Å²) in [4.78, 5) is 21.8. The van der Waals surface area contributed by atoms with E-state index in [1.54, 1.807) is 12.2 Å².